The quantitative estimate of drug-likeness (QED) is 0.754. The largest absolute Gasteiger partial charge is 0.479 e. The molecule has 2 amide bonds. The van der Waals surface area contributed by atoms with Gasteiger partial charge in [-0.1, -0.05) is 36.4 Å². The zero-order valence-electron chi connectivity index (χ0n) is 17.7. The Morgan fingerprint density at radius 3 is 2.41 bits per heavy atom. The third kappa shape index (κ3) is 3.49. The minimum absolute atomic E-state index is 0.0929. The molecule has 4 rings (SSSR count). The summed E-state index contributed by atoms with van der Waals surface area (Å²) in [6.07, 6.45) is 6.49. The van der Waals surface area contributed by atoms with Gasteiger partial charge in [-0.25, -0.2) is 14.0 Å². The minimum Gasteiger partial charge on any atom is -0.479 e. The van der Waals surface area contributed by atoms with E-state index in [1.54, 1.807) is 49.6 Å². The molecule has 2 N–H and O–H groups in total. The van der Waals surface area contributed by atoms with E-state index in [0.29, 0.717) is 17.0 Å². The summed E-state index contributed by atoms with van der Waals surface area (Å²) < 4.78 is 13.4. The Kier molecular flexibility index (Phi) is 5.44. The molecule has 7 nitrogen and oxygen atoms in total. The Bertz CT molecular complexity index is 1130. The van der Waals surface area contributed by atoms with Crippen LogP contribution in [-0.2, 0) is 11.3 Å². The van der Waals surface area contributed by atoms with E-state index in [1.807, 2.05) is 30.3 Å². The second-order valence-electron chi connectivity index (χ2n) is 7.73. The van der Waals surface area contributed by atoms with E-state index in [9.17, 15) is 19.1 Å². The van der Waals surface area contributed by atoms with Crippen molar-refractivity contribution >= 4 is 17.7 Å². The zero-order valence-corrected chi connectivity index (χ0v) is 17.7. The van der Waals surface area contributed by atoms with Gasteiger partial charge in [-0.15, -0.1) is 0 Å². The molecule has 1 aliphatic heterocycles. The number of nitrogens with zero attached hydrogens (tertiary/aromatic N) is 3. The maximum Gasteiger partial charge on any atom is 0.338 e. The number of allylic oxidation sites excluding steroid dienone is 2. The van der Waals surface area contributed by atoms with Gasteiger partial charge >= 0.3 is 12.0 Å². The molecule has 0 saturated carbocycles. The number of nitrogens with one attached hydrogen (secondary N) is 1. The average Bonchev–Trinajstić information content (AvgIpc) is 3.22. The highest BCUT2D eigenvalue weighted by Gasteiger charge is 2.52. The summed E-state index contributed by atoms with van der Waals surface area (Å²) in [5.74, 6) is -1.55. The summed E-state index contributed by atoms with van der Waals surface area (Å²) in [6, 6.07) is 14.6. The highest BCUT2D eigenvalue weighted by Crippen LogP contribution is 2.41. The second-order valence-corrected chi connectivity index (χ2v) is 7.73. The summed E-state index contributed by atoms with van der Waals surface area (Å²) in [6.45, 7) is 0.0929. The van der Waals surface area contributed by atoms with Gasteiger partial charge in [0.2, 0.25) is 0 Å². The number of benzene rings is 2. The zero-order chi connectivity index (χ0) is 22.9. The molecule has 32 heavy (non-hydrogen) atoms. The van der Waals surface area contributed by atoms with Gasteiger partial charge in [-0.3, -0.25) is 9.91 Å². The van der Waals surface area contributed by atoms with Gasteiger partial charge in [0.15, 0.2) is 5.54 Å². The highest BCUT2D eigenvalue weighted by molar-refractivity contribution is 5.95. The van der Waals surface area contributed by atoms with Gasteiger partial charge in [0, 0.05) is 32.4 Å². The number of fused-ring (bicyclic) bond motifs is 1. The first-order chi connectivity index (χ1) is 15.3. The summed E-state index contributed by atoms with van der Waals surface area (Å²) in [5, 5.41) is 12.1. The number of urea groups is 1. The van der Waals surface area contributed by atoms with E-state index in [1.165, 1.54) is 28.0 Å². The molecule has 0 fully saturated rings. The van der Waals surface area contributed by atoms with Crippen molar-refractivity contribution in [2.75, 3.05) is 19.1 Å². The molecule has 1 aliphatic carbocycles. The van der Waals surface area contributed by atoms with Crippen LogP contribution in [0.2, 0.25) is 0 Å². The minimum atomic E-state index is -1.75. The molecule has 1 heterocycles. The topological polar surface area (TPSA) is 76.1 Å². The fourth-order valence-electron chi connectivity index (χ4n) is 3.92. The summed E-state index contributed by atoms with van der Waals surface area (Å²) >= 11 is 0. The fourth-order valence-corrected chi connectivity index (χ4v) is 3.92. The van der Waals surface area contributed by atoms with E-state index in [-0.39, 0.29) is 12.4 Å². The number of rotatable bonds is 5. The molecule has 0 aromatic heterocycles. The molecule has 8 heteroatoms. The van der Waals surface area contributed by atoms with Gasteiger partial charge in [0.05, 0.1) is 11.4 Å². The summed E-state index contributed by atoms with van der Waals surface area (Å²) in [4.78, 5) is 28.8. The molecule has 0 spiro atoms. The number of hydrogen-bond acceptors (Lipinski definition) is 4. The molecular formula is C24H23FN4O3. The molecular weight excluding hydrogens is 411 g/mol. The number of carboxylic acid groups (broad SMARTS) is 1. The van der Waals surface area contributed by atoms with Crippen LogP contribution in [0.15, 0.2) is 90.3 Å². The first-order valence-corrected chi connectivity index (χ1v) is 10.0. The number of halogens is 1. The molecule has 2 aromatic carbocycles. The number of aliphatic carboxylic acids is 1. The first kappa shape index (κ1) is 21.2. The lowest BCUT2D eigenvalue weighted by molar-refractivity contribution is -0.145. The van der Waals surface area contributed by atoms with Crippen molar-refractivity contribution in [2.45, 2.75) is 12.1 Å². The van der Waals surface area contributed by atoms with Gasteiger partial charge in [-0.2, -0.15) is 0 Å². The molecule has 0 saturated heterocycles. The van der Waals surface area contributed by atoms with Crippen LogP contribution in [-0.4, -0.2) is 46.5 Å². The second kappa shape index (κ2) is 8.22. The lowest BCUT2D eigenvalue weighted by atomic mass is 9.82. The van der Waals surface area contributed by atoms with E-state index < -0.39 is 17.5 Å². The third-order valence-corrected chi connectivity index (χ3v) is 5.49. The number of carbonyl (C=O) groups excluding carboxylic acids is 1. The van der Waals surface area contributed by atoms with E-state index >= 15 is 0 Å². The third-order valence-electron chi connectivity index (χ3n) is 5.49. The van der Waals surface area contributed by atoms with Crippen LogP contribution in [0.25, 0.3) is 0 Å². The van der Waals surface area contributed by atoms with Crippen LogP contribution < -0.4 is 10.4 Å². The summed E-state index contributed by atoms with van der Waals surface area (Å²) in [7, 11) is 3.18. The number of hydrogen-bond donors (Lipinski definition) is 2. The fraction of sp³-hybridized carbons (Fsp3) is 0.167. The highest BCUT2D eigenvalue weighted by atomic mass is 19.1. The van der Waals surface area contributed by atoms with Crippen molar-refractivity contribution in [1.29, 1.82) is 0 Å². The number of amides is 2. The van der Waals surface area contributed by atoms with Crippen LogP contribution in [0.4, 0.5) is 14.9 Å². The molecule has 0 radical (unpaired) electrons. The van der Waals surface area contributed by atoms with Gasteiger partial charge in [0.1, 0.15) is 5.82 Å². The summed E-state index contributed by atoms with van der Waals surface area (Å²) in [5.41, 5.74) is 3.71. The number of carboxylic acids is 1. The molecule has 1 atom stereocenters. The number of anilines is 1. The van der Waals surface area contributed by atoms with Crippen molar-refractivity contribution < 1.29 is 19.1 Å². The lowest BCUT2D eigenvalue weighted by Gasteiger charge is -2.42. The van der Waals surface area contributed by atoms with Crippen LogP contribution >= 0.6 is 0 Å². The van der Waals surface area contributed by atoms with Crippen LogP contribution in [0, 0.1) is 5.82 Å². The number of carbonyl (C=O) groups is 2. The van der Waals surface area contributed by atoms with E-state index in [0.717, 1.165) is 5.56 Å². The first-order valence-electron chi connectivity index (χ1n) is 10.0. The normalized spacial score (nSPS) is 18.9. The molecule has 0 bridgehead atoms. The SMILES string of the molecule is CN(C)C(=O)N(Cc1ccccc1)C1(C(=O)O)C=CC=C2C1=CNN2c1ccc(F)cc1. The van der Waals surface area contributed by atoms with Gasteiger partial charge in [0.25, 0.3) is 0 Å². The smallest absolute Gasteiger partial charge is 0.338 e. The maximum absolute atomic E-state index is 13.4. The molecule has 1 unspecified atom stereocenters. The Hall–Kier alpha value is -4.07. The molecule has 2 aliphatic rings. The van der Waals surface area contributed by atoms with Crippen molar-refractivity contribution in [3.63, 3.8) is 0 Å². The van der Waals surface area contributed by atoms with Gasteiger partial charge < -0.3 is 15.4 Å². The van der Waals surface area contributed by atoms with Crippen molar-refractivity contribution in [3.8, 4) is 0 Å². The molecule has 164 valence electrons. The Morgan fingerprint density at radius 2 is 1.78 bits per heavy atom. The average molecular weight is 434 g/mol. The van der Waals surface area contributed by atoms with E-state index in [4.69, 9.17) is 0 Å². The monoisotopic (exact) mass is 434 g/mol. The predicted octanol–water partition coefficient (Wildman–Crippen LogP) is 3.50. The standard InChI is InChI=1S/C24H23FN4O3/c1-27(2)23(32)28(16-17-7-4-3-5-8-17)24(22(30)31)14-6-9-21-20(24)15-26-29(21)19-12-10-18(25)11-13-19/h3-15,26H,16H2,1-2H3,(H,30,31). The lowest BCUT2D eigenvalue weighted by Crippen LogP contribution is -2.59. The van der Waals surface area contributed by atoms with Crippen LogP contribution in [0.1, 0.15) is 5.56 Å². The maximum atomic E-state index is 13.4. The van der Waals surface area contributed by atoms with Crippen molar-refractivity contribution in [1.82, 2.24) is 15.2 Å². The van der Waals surface area contributed by atoms with Gasteiger partial charge in [-0.05, 0) is 42.0 Å². The Balaban J connectivity index is 1.79. The van der Waals surface area contributed by atoms with Crippen LogP contribution in [0.3, 0.4) is 0 Å². The van der Waals surface area contributed by atoms with Crippen molar-refractivity contribution in [2.24, 2.45) is 0 Å². The van der Waals surface area contributed by atoms with E-state index in [2.05, 4.69) is 5.43 Å². The Labute approximate surface area is 185 Å². The number of hydrazine groups is 1. The van der Waals surface area contributed by atoms with Crippen LogP contribution in [0.5, 0.6) is 0 Å². The molecule has 2 aromatic rings. The predicted molar refractivity (Wildman–Crippen MR) is 119 cm³/mol. The van der Waals surface area contributed by atoms with Crippen molar-refractivity contribution in [3.05, 3.63) is 102 Å². The Morgan fingerprint density at radius 1 is 1.09 bits per heavy atom.